The van der Waals surface area contributed by atoms with Crippen LogP contribution in [0.15, 0.2) is 29.0 Å². The average Bonchev–Trinajstić information content (AvgIpc) is 3.11. The van der Waals surface area contributed by atoms with E-state index in [0.29, 0.717) is 25.6 Å². The number of ether oxygens (including phenoxy) is 1. The molecular formula is C21H31F3N4O2. The number of likely N-dealkylation sites (N-methyl/N-ethyl adjacent to an activating group) is 1. The van der Waals surface area contributed by atoms with Crippen LogP contribution in [0, 0.1) is 5.41 Å². The van der Waals surface area contributed by atoms with Crippen molar-refractivity contribution >= 4 is 12.2 Å². The third kappa shape index (κ3) is 5.77. The van der Waals surface area contributed by atoms with Crippen LogP contribution in [0.5, 0.6) is 0 Å². The molecule has 3 aliphatic rings. The maximum atomic E-state index is 13.4. The number of hydrogen-bond donors (Lipinski definition) is 1. The molecular weight excluding hydrogens is 397 g/mol. The van der Waals surface area contributed by atoms with E-state index in [0.717, 1.165) is 25.7 Å². The SMILES string of the molecule is CNC1CCCC(N(CC2(C)C=C(OC(F)(F)F)C=CC2)C(=O)C2CN(C)C=N2)C1. The van der Waals surface area contributed by atoms with E-state index in [1.165, 1.54) is 12.2 Å². The van der Waals surface area contributed by atoms with Gasteiger partial charge in [-0.1, -0.05) is 13.0 Å². The molecule has 0 aromatic carbocycles. The van der Waals surface area contributed by atoms with Gasteiger partial charge in [-0.2, -0.15) is 0 Å². The van der Waals surface area contributed by atoms with E-state index in [9.17, 15) is 18.0 Å². The van der Waals surface area contributed by atoms with E-state index < -0.39 is 17.8 Å². The lowest BCUT2D eigenvalue weighted by Gasteiger charge is -2.42. The summed E-state index contributed by atoms with van der Waals surface area (Å²) in [4.78, 5) is 21.5. The maximum Gasteiger partial charge on any atom is 0.573 e. The zero-order chi connectivity index (χ0) is 21.9. The van der Waals surface area contributed by atoms with Gasteiger partial charge in [0.2, 0.25) is 5.91 Å². The molecule has 1 N–H and O–H groups in total. The number of carbonyl (C=O) groups is 1. The fraction of sp³-hybridized carbons (Fsp3) is 0.714. The molecule has 30 heavy (non-hydrogen) atoms. The van der Waals surface area contributed by atoms with E-state index in [1.54, 1.807) is 12.4 Å². The van der Waals surface area contributed by atoms with Crippen molar-refractivity contribution in [2.45, 2.75) is 63.5 Å². The number of alkyl halides is 3. The number of amides is 1. The molecule has 4 unspecified atom stereocenters. The number of halogens is 3. The molecule has 0 aromatic rings. The highest BCUT2D eigenvalue weighted by atomic mass is 19.4. The average molecular weight is 428 g/mol. The van der Waals surface area contributed by atoms with Crippen molar-refractivity contribution in [3.8, 4) is 0 Å². The van der Waals surface area contributed by atoms with Crippen LogP contribution in [0.4, 0.5) is 13.2 Å². The molecule has 0 aromatic heterocycles. The van der Waals surface area contributed by atoms with Crippen LogP contribution in [0.1, 0.15) is 39.0 Å². The third-order valence-electron chi connectivity index (χ3n) is 6.09. The van der Waals surface area contributed by atoms with Crippen molar-refractivity contribution in [1.82, 2.24) is 15.1 Å². The van der Waals surface area contributed by atoms with Gasteiger partial charge in [0.25, 0.3) is 0 Å². The zero-order valence-electron chi connectivity index (χ0n) is 17.8. The normalized spacial score (nSPS) is 31.6. The Morgan fingerprint density at radius 2 is 2.20 bits per heavy atom. The van der Waals surface area contributed by atoms with Gasteiger partial charge in [-0.15, -0.1) is 13.2 Å². The van der Waals surface area contributed by atoms with E-state index in [2.05, 4.69) is 15.0 Å². The molecule has 0 bridgehead atoms. The predicted molar refractivity (Wildman–Crippen MR) is 109 cm³/mol. The van der Waals surface area contributed by atoms with Crippen molar-refractivity contribution in [2.75, 3.05) is 27.2 Å². The Labute approximate surface area is 175 Å². The van der Waals surface area contributed by atoms with Crippen molar-refractivity contribution in [1.29, 1.82) is 0 Å². The van der Waals surface area contributed by atoms with Gasteiger partial charge in [0.1, 0.15) is 11.8 Å². The first-order valence-electron chi connectivity index (χ1n) is 10.4. The Bertz CT molecular complexity index is 722. The molecule has 0 spiro atoms. The summed E-state index contributed by atoms with van der Waals surface area (Å²) < 4.78 is 42.3. The summed E-state index contributed by atoms with van der Waals surface area (Å²) in [5.41, 5.74) is -0.647. The molecule has 1 saturated carbocycles. The number of aliphatic imine (C=N–C) groups is 1. The van der Waals surface area contributed by atoms with Gasteiger partial charge in [-0.25, -0.2) is 0 Å². The molecule has 1 aliphatic heterocycles. The number of nitrogens with zero attached hydrogens (tertiary/aromatic N) is 3. The quantitative estimate of drug-likeness (QED) is 0.707. The van der Waals surface area contributed by atoms with E-state index in [1.807, 2.05) is 30.8 Å². The Morgan fingerprint density at radius 3 is 2.83 bits per heavy atom. The van der Waals surface area contributed by atoms with E-state index in [4.69, 9.17) is 0 Å². The minimum Gasteiger partial charge on any atom is -0.406 e. The Kier molecular flexibility index (Phi) is 6.79. The zero-order valence-corrected chi connectivity index (χ0v) is 17.8. The van der Waals surface area contributed by atoms with Gasteiger partial charge < -0.3 is 19.9 Å². The summed E-state index contributed by atoms with van der Waals surface area (Å²) in [7, 11) is 3.79. The fourth-order valence-corrected chi connectivity index (χ4v) is 4.58. The van der Waals surface area contributed by atoms with Crippen molar-refractivity contribution < 1.29 is 22.7 Å². The first-order valence-corrected chi connectivity index (χ1v) is 10.4. The minimum atomic E-state index is -4.74. The molecule has 6 nitrogen and oxygen atoms in total. The summed E-state index contributed by atoms with van der Waals surface area (Å²) in [6.45, 7) is 2.73. The number of nitrogens with one attached hydrogen (secondary N) is 1. The Balaban J connectivity index is 1.82. The lowest BCUT2D eigenvalue weighted by molar-refractivity contribution is -0.303. The number of hydrogen-bond acceptors (Lipinski definition) is 5. The Hall–Kier alpha value is -2.03. The van der Waals surface area contributed by atoms with Gasteiger partial charge in [-0.3, -0.25) is 9.79 Å². The lowest BCUT2D eigenvalue weighted by atomic mass is 9.81. The molecule has 4 atom stereocenters. The highest BCUT2D eigenvalue weighted by Crippen LogP contribution is 2.36. The second kappa shape index (κ2) is 8.99. The van der Waals surface area contributed by atoms with Gasteiger partial charge in [0, 0.05) is 37.6 Å². The van der Waals surface area contributed by atoms with Crippen LogP contribution in [-0.2, 0) is 9.53 Å². The second-order valence-electron chi connectivity index (χ2n) is 8.85. The summed E-state index contributed by atoms with van der Waals surface area (Å²) in [6.07, 6.45) is 5.77. The topological polar surface area (TPSA) is 57.2 Å². The maximum absolute atomic E-state index is 13.4. The highest BCUT2D eigenvalue weighted by molar-refractivity contribution is 5.85. The molecule has 1 fully saturated rings. The van der Waals surface area contributed by atoms with Gasteiger partial charge in [0.15, 0.2) is 0 Å². The highest BCUT2D eigenvalue weighted by Gasteiger charge is 2.39. The van der Waals surface area contributed by atoms with E-state index >= 15 is 0 Å². The second-order valence-corrected chi connectivity index (χ2v) is 8.85. The van der Waals surface area contributed by atoms with Gasteiger partial charge in [-0.05, 0) is 51.3 Å². The molecule has 1 amide bonds. The largest absolute Gasteiger partial charge is 0.573 e. The standard InChI is InChI=1S/C21H31F3N4O2/c1-20(9-5-8-17(11-20)30-21(22,23)24)13-28(16-7-4-6-15(10-16)25-2)19(29)18-12-27(3)14-26-18/h5,8,11,14-16,18,25H,4,6-7,9-10,12-13H2,1-3H3. The summed E-state index contributed by atoms with van der Waals surface area (Å²) in [6, 6.07) is -0.108. The van der Waals surface area contributed by atoms with Gasteiger partial charge >= 0.3 is 6.36 Å². The van der Waals surface area contributed by atoms with Crippen LogP contribution in [0.3, 0.4) is 0 Å². The third-order valence-corrected chi connectivity index (χ3v) is 6.09. The monoisotopic (exact) mass is 428 g/mol. The molecule has 168 valence electrons. The summed E-state index contributed by atoms with van der Waals surface area (Å²) >= 11 is 0. The van der Waals surface area contributed by atoms with Crippen molar-refractivity contribution in [3.63, 3.8) is 0 Å². The summed E-state index contributed by atoms with van der Waals surface area (Å²) in [5.74, 6) is -0.279. The van der Waals surface area contributed by atoms with Crippen LogP contribution < -0.4 is 5.32 Å². The van der Waals surface area contributed by atoms with Crippen molar-refractivity contribution in [3.05, 3.63) is 24.0 Å². The van der Waals surface area contributed by atoms with Crippen molar-refractivity contribution in [2.24, 2.45) is 10.4 Å². The first kappa shape index (κ1) is 22.7. The molecule has 3 rings (SSSR count). The first-order chi connectivity index (χ1) is 14.1. The smallest absolute Gasteiger partial charge is 0.406 e. The van der Waals surface area contributed by atoms with Crippen LogP contribution in [0.25, 0.3) is 0 Å². The predicted octanol–water partition coefficient (Wildman–Crippen LogP) is 3.07. The number of rotatable bonds is 6. The molecule has 0 saturated heterocycles. The molecule has 2 aliphatic carbocycles. The van der Waals surface area contributed by atoms with Crippen LogP contribution in [0.2, 0.25) is 0 Å². The minimum absolute atomic E-state index is 0.0351. The molecule has 0 radical (unpaired) electrons. The number of allylic oxidation sites excluding steroid dienone is 2. The van der Waals surface area contributed by atoms with Crippen LogP contribution in [-0.4, -0.2) is 73.7 Å². The molecule has 9 heteroatoms. The molecule has 1 heterocycles. The number of carbonyl (C=O) groups excluding carboxylic acids is 1. The van der Waals surface area contributed by atoms with E-state index in [-0.39, 0.29) is 17.7 Å². The fourth-order valence-electron chi connectivity index (χ4n) is 4.58. The Morgan fingerprint density at radius 1 is 1.43 bits per heavy atom. The van der Waals surface area contributed by atoms with Crippen LogP contribution >= 0.6 is 0 Å². The lowest BCUT2D eigenvalue weighted by Crippen LogP contribution is -2.53. The summed E-state index contributed by atoms with van der Waals surface area (Å²) in [5, 5.41) is 3.31. The van der Waals surface area contributed by atoms with Gasteiger partial charge in [0.05, 0.1) is 6.34 Å².